The van der Waals surface area contributed by atoms with Crippen LogP contribution in [-0.4, -0.2) is 19.0 Å². The molecular weight excluding hydrogens is 309 g/mol. The van der Waals surface area contributed by atoms with E-state index in [9.17, 15) is 14.0 Å². The van der Waals surface area contributed by atoms with Crippen LogP contribution in [0.1, 0.15) is 15.9 Å². The normalized spacial score (nSPS) is 10.1. The summed E-state index contributed by atoms with van der Waals surface area (Å²) in [6.45, 7) is 0. The topological polar surface area (TPSA) is 55.4 Å². The van der Waals surface area contributed by atoms with Crippen LogP contribution in [0.5, 0.6) is 0 Å². The number of esters is 1. The number of benzene rings is 2. The Morgan fingerprint density at radius 3 is 2.50 bits per heavy atom. The standard InChI is InChI=1S/C16H13ClFNO3/c1-22-16(21)13-9-12(6-7-14(13)17)19-15(20)8-10-2-4-11(18)5-3-10/h2-7,9H,8H2,1H3,(H,19,20). The predicted molar refractivity (Wildman–Crippen MR) is 81.5 cm³/mol. The summed E-state index contributed by atoms with van der Waals surface area (Å²) >= 11 is 5.90. The zero-order chi connectivity index (χ0) is 16.1. The highest BCUT2D eigenvalue weighted by molar-refractivity contribution is 6.33. The molecule has 2 aromatic carbocycles. The van der Waals surface area contributed by atoms with Crippen LogP contribution in [0.15, 0.2) is 42.5 Å². The van der Waals surface area contributed by atoms with Crippen LogP contribution in [0.4, 0.5) is 10.1 Å². The van der Waals surface area contributed by atoms with Gasteiger partial charge in [-0.05, 0) is 35.9 Å². The molecule has 0 aromatic heterocycles. The largest absolute Gasteiger partial charge is 0.465 e. The number of carbonyl (C=O) groups is 2. The Morgan fingerprint density at radius 2 is 1.86 bits per heavy atom. The third kappa shape index (κ3) is 4.05. The first-order valence-corrected chi connectivity index (χ1v) is 6.79. The number of hydrogen-bond acceptors (Lipinski definition) is 3. The molecule has 2 aromatic rings. The van der Waals surface area contributed by atoms with Crippen LogP contribution in [0.3, 0.4) is 0 Å². The first-order valence-electron chi connectivity index (χ1n) is 6.42. The van der Waals surface area contributed by atoms with Gasteiger partial charge in [-0.1, -0.05) is 23.7 Å². The average molecular weight is 322 g/mol. The lowest BCUT2D eigenvalue weighted by Gasteiger charge is -2.08. The maximum absolute atomic E-state index is 12.8. The maximum Gasteiger partial charge on any atom is 0.339 e. The number of amides is 1. The molecule has 1 amide bonds. The predicted octanol–water partition coefficient (Wildman–Crippen LogP) is 3.45. The van der Waals surface area contributed by atoms with Crippen molar-refractivity contribution in [2.45, 2.75) is 6.42 Å². The molecule has 22 heavy (non-hydrogen) atoms. The molecule has 1 N–H and O–H groups in total. The second-order valence-corrected chi connectivity index (χ2v) is 4.94. The van der Waals surface area contributed by atoms with Crippen LogP contribution in [0, 0.1) is 5.82 Å². The molecule has 0 bridgehead atoms. The summed E-state index contributed by atoms with van der Waals surface area (Å²) in [6, 6.07) is 10.2. The molecule has 0 spiro atoms. The fourth-order valence-electron chi connectivity index (χ4n) is 1.86. The number of anilines is 1. The van der Waals surface area contributed by atoms with Crippen molar-refractivity contribution in [2.24, 2.45) is 0 Å². The molecule has 0 aliphatic rings. The van der Waals surface area contributed by atoms with Gasteiger partial charge in [-0.25, -0.2) is 9.18 Å². The van der Waals surface area contributed by atoms with Gasteiger partial charge < -0.3 is 10.1 Å². The number of hydrogen-bond donors (Lipinski definition) is 1. The minimum Gasteiger partial charge on any atom is -0.465 e. The minimum absolute atomic E-state index is 0.0937. The van der Waals surface area contributed by atoms with E-state index in [0.717, 1.165) is 0 Å². The molecule has 4 nitrogen and oxygen atoms in total. The lowest BCUT2D eigenvalue weighted by Crippen LogP contribution is -2.15. The zero-order valence-electron chi connectivity index (χ0n) is 11.7. The molecule has 0 aliphatic carbocycles. The second kappa shape index (κ2) is 7.04. The van der Waals surface area contributed by atoms with Gasteiger partial charge >= 0.3 is 5.97 Å². The summed E-state index contributed by atoms with van der Waals surface area (Å²) < 4.78 is 17.4. The van der Waals surface area contributed by atoms with Gasteiger partial charge in [-0.2, -0.15) is 0 Å². The highest BCUT2D eigenvalue weighted by atomic mass is 35.5. The average Bonchev–Trinajstić information content (AvgIpc) is 2.50. The van der Waals surface area contributed by atoms with Gasteiger partial charge in [0.05, 0.1) is 24.1 Å². The van der Waals surface area contributed by atoms with Gasteiger partial charge in [-0.3, -0.25) is 4.79 Å². The van der Waals surface area contributed by atoms with E-state index >= 15 is 0 Å². The van der Waals surface area contributed by atoms with Crippen molar-refractivity contribution in [3.05, 3.63) is 64.4 Å². The van der Waals surface area contributed by atoms with Crippen molar-refractivity contribution in [1.29, 1.82) is 0 Å². The first-order chi connectivity index (χ1) is 10.5. The van der Waals surface area contributed by atoms with Gasteiger partial charge in [0.15, 0.2) is 0 Å². The van der Waals surface area contributed by atoms with Crippen LogP contribution in [-0.2, 0) is 16.0 Å². The third-order valence-corrected chi connectivity index (χ3v) is 3.26. The zero-order valence-corrected chi connectivity index (χ0v) is 12.5. The van der Waals surface area contributed by atoms with E-state index in [1.165, 1.54) is 43.5 Å². The molecule has 2 rings (SSSR count). The maximum atomic E-state index is 12.8. The van der Waals surface area contributed by atoms with E-state index in [1.54, 1.807) is 6.07 Å². The smallest absolute Gasteiger partial charge is 0.339 e. The Kier molecular flexibility index (Phi) is 5.12. The number of nitrogens with one attached hydrogen (secondary N) is 1. The van der Waals surface area contributed by atoms with Gasteiger partial charge in [0, 0.05) is 5.69 Å². The van der Waals surface area contributed by atoms with Crippen LogP contribution < -0.4 is 5.32 Å². The molecule has 6 heteroatoms. The van der Waals surface area contributed by atoms with Gasteiger partial charge in [0.25, 0.3) is 0 Å². The quantitative estimate of drug-likeness (QED) is 0.878. The minimum atomic E-state index is -0.584. The second-order valence-electron chi connectivity index (χ2n) is 4.54. The number of rotatable bonds is 4. The van der Waals surface area contributed by atoms with Gasteiger partial charge in [0.1, 0.15) is 5.82 Å². The highest BCUT2D eigenvalue weighted by Gasteiger charge is 2.12. The Bertz CT molecular complexity index is 701. The van der Waals surface area contributed by atoms with Crippen molar-refractivity contribution in [3.63, 3.8) is 0 Å². The number of halogens is 2. The summed E-state index contributed by atoms with van der Waals surface area (Å²) in [5.41, 5.74) is 1.28. The van der Waals surface area contributed by atoms with Crippen molar-refractivity contribution in [1.82, 2.24) is 0 Å². The molecule has 0 radical (unpaired) electrons. The Labute approximate surface area is 131 Å². The summed E-state index contributed by atoms with van der Waals surface area (Å²) in [5.74, 6) is -1.23. The SMILES string of the molecule is COC(=O)c1cc(NC(=O)Cc2ccc(F)cc2)ccc1Cl. The molecule has 0 atom stereocenters. The highest BCUT2D eigenvalue weighted by Crippen LogP contribution is 2.21. The summed E-state index contributed by atoms with van der Waals surface area (Å²) in [4.78, 5) is 23.5. The summed E-state index contributed by atoms with van der Waals surface area (Å²) in [7, 11) is 1.25. The van der Waals surface area contributed by atoms with Crippen LogP contribution in [0.25, 0.3) is 0 Å². The van der Waals surface area contributed by atoms with Gasteiger partial charge in [-0.15, -0.1) is 0 Å². The Hall–Kier alpha value is -2.40. The third-order valence-electron chi connectivity index (χ3n) is 2.93. The van der Waals surface area contributed by atoms with E-state index in [2.05, 4.69) is 10.1 Å². The fourth-order valence-corrected chi connectivity index (χ4v) is 2.06. The van der Waals surface area contributed by atoms with Crippen molar-refractivity contribution >= 4 is 29.2 Å². The Balaban J connectivity index is 2.08. The molecule has 0 unspecified atom stereocenters. The number of ether oxygens (including phenoxy) is 1. The first kappa shape index (κ1) is 16.0. The van der Waals surface area contributed by atoms with Gasteiger partial charge in [0.2, 0.25) is 5.91 Å². The monoisotopic (exact) mass is 321 g/mol. The van der Waals surface area contributed by atoms with E-state index in [-0.39, 0.29) is 28.7 Å². The van der Waals surface area contributed by atoms with E-state index < -0.39 is 5.97 Å². The molecule has 114 valence electrons. The molecular formula is C16H13ClFNO3. The lowest BCUT2D eigenvalue weighted by molar-refractivity contribution is -0.115. The molecule has 0 aliphatic heterocycles. The Morgan fingerprint density at radius 1 is 1.18 bits per heavy atom. The van der Waals surface area contributed by atoms with E-state index in [0.29, 0.717) is 11.3 Å². The van der Waals surface area contributed by atoms with Crippen LogP contribution in [0.2, 0.25) is 5.02 Å². The van der Waals surface area contributed by atoms with E-state index in [1.807, 2.05) is 0 Å². The summed E-state index contributed by atoms with van der Waals surface area (Å²) in [5, 5.41) is 2.89. The molecule has 0 fully saturated rings. The summed E-state index contributed by atoms with van der Waals surface area (Å²) in [6.07, 6.45) is 0.0937. The number of methoxy groups -OCH3 is 1. The number of carbonyl (C=O) groups excluding carboxylic acids is 2. The van der Waals surface area contributed by atoms with Crippen molar-refractivity contribution in [3.8, 4) is 0 Å². The lowest BCUT2D eigenvalue weighted by atomic mass is 10.1. The fraction of sp³-hybridized carbons (Fsp3) is 0.125. The van der Waals surface area contributed by atoms with Crippen molar-refractivity contribution < 1.29 is 18.7 Å². The molecule has 0 heterocycles. The van der Waals surface area contributed by atoms with E-state index in [4.69, 9.17) is 11.6 Å². The molecule has 0 saturated carbocycles. The molecule has 0 saturated heterocycles. The van der Waals surface area contributed by atoms with Crippen LogP contribution >= 0.6 is 11.6 Å². The van der Waals surface area contributed by atoms with Crippen molar-refractivity contribution in [2.75, 3.05) is 12.4 Å².